The van der Waals surface area contributed by atoms with Crippen LogP contribution in [0, 0.1) is 0 Å². The second kappa shape index (κ2) is 12.8. The van der Waals surface area contributed by atoms with Crippen molar-refractivity contribution in [1.29, 1.82) is 0 Å². The van der Waals surface area contributed by atoms with Crippen molar-refractivity contribution in [3.8, 4) is 0 Å². The first-order valence-electron chi connectivity index (χ1n) is 9.79. The van der Waals surface area contributed by atoms with Gasteiger partial charge in [0.25, 0.3) is 0 Å². The van der Waals surface area contributed by atoms with Gasteiger partial charge in [0.15, 0.2) is 6.29 Å². The molecule has 0 saturated carbocycles. The third-order valence-electron chi connectivity index (χ3n) is 4.90. The molecule has 1 fully saturated rings. The molecule has 4 atom stereocenters. The minimum atomic E-state index is -0.521. The summed E-state index contributed by atoms with van der Waals surface area (Å²) in [7, 11) is 1.00. The van der Waals surface area contributed by atoms with E-state index in [9.17, 15) is 14.7 Å². The van der Waals surface area contributed by atoms with E-state index < -0.39 is 12.4 Å². The maximum atomic E-state index is 12.3. The summed E-state index contributed by atoms with van der Waals surface area (Å²) < 4.78 is 17.0. The van der Waals surface area contributed by atoms with Gasteiger partial charge < -0.3 is 24.4 Å². The normalized spacial score (nSPS) is 32.2. The Labute approximate surface area is 167 Å². The first-order valence-corrected chi connectivity index (χ1v) is 9.79. The number of aliphatic hydroxyl groups is 2. The van der Waals surface area contributed by atoms with E-state index in [4.69, 9.17) is 19.3 Å². The van der Waals surface area contributed by atoms with Crippen LogP contribution >= 0.6 is 0 Å². The van der Waals surface area contributed by atoms with Crippen molar-refractivity contribution in [2.75, 3.05) is 13.7 Å². The van der Waals surface area contributed by atoms with Crippen molar-refractivity contribution in [2.24, 2.45) is 0 Å². The summed E-state index contributed by atoms with van der Waals surface area (Å²) in [4.78, 5) is 24.3. The molecule has 2 N–H and O–H groups in total. The fourth-order valence-electron chi connectivity index (χ4n) is 3.06. The Balaban J connectivity index is 0.00000190. The van der Waals surface area contributed by atoms with Gasteiger partial charge in [-0.3, -0.25) is 9.59 Å². The van der Waals surface area contributed by atoms with Gasteiger partial charge in [-0.25, -0.2) is 0 Å². The number of hydrogen-bond acceptors (Lipinski definition) is 7. The molecule has 0 bridgehead atoms. The maximum Gasteiger partial charge on any atom is 0.306 e. The van der Waals surface area contributed by atoms with E-state index in [0.29, 0.717) is 25.7 Å². The fourth-order valence-corrected chi connectivity index (χ4v) is 3.06. The molecule has 2 heterocycles. The number of carbonyl (C=O) groups excluding carboxylic acids is 2. The van der Waals surface area contributed by atoms with Gasteiger partial charge in [-0.1, -0.05) is 12.2 Å². The van der Waals surface area contributed by atoms with Crippen LogP contribution in [0.3, 0.4) is 0 Å². The Hall–Kier alpha value is -1.54. The van der Waals surface area contributed by atoms with Gasteiger partial charge in [0.1, 0.15) is 11.9 Å². The molecule has 0 aromatic carbocycles. The number of hydrogen-bond donors (Lipinski definition) is 2. The lowest BCUT2D eigenvalue weighted by Gasteiger charge is -2.24. The van der Waals surface area contributed by atoms with Crippen LogP contribution in [0.4, 0.5) is 0 Å². The summed E-state index contributed by atoms with van der Waals surface area (Å²) in [5.41, 5.74) is 1.91. The average molecular weight is 398 g/mol. The van der Waals surface area contributed by atoms with Gasteiger partial charge in [0.2, 0.25) is 0 Å². The van der Waals surface area contributed by atoms with Gasteiger partial charge in [0, 0.05) is 39.2 Å². The molecule has 0 aromatic heterocycles. The summed E-state index contributed by atoms with van der Waals surface area (Å²) in [6.45, 7) is 6.03. The van der Waals surface area contributed by atoms with E-state index in [1.54, 1.807) is 0 Å². The average Bonchev–Trinajstić information content (AvgIpc) is 3.09. The van der Waals surface area contributed by atoms with Crippen LogP contribution in [-0.4, -0.2) is 60.3 Å². The number of cyclic esters (lactones) is 1. The Morgan fingerprint density at radius 3 is 2.61 bits per heavy atom. The molecule has 2 aliphatic heterocycles. The van der Waals surface area contributed by atoms with Crippen molar-refractivity contribution in [3.05, 3.63) is 23.3 Å². The topological polar surface area (TPSA) is 102 Å². The molecule has 0 radical (unpaired) electrons. The Kier molecular flexibility index (Phi) is 11.2. The zero-order valence-electron chi connectivity index (χ0n) is 17.3. The molecular formula is C21H34O7. The molecule has 0 aromatic rings. The summed E-state index contributed by atoms with van der Waals surface area (Å²) in [5, 5.41) is 16.6. The van der Waals surface area contributed by atoms with Crippen LogP contribution in [0.25, 0.3) is 0 Å². The lowest BCUT2D eigenvalue weighted by Crippen LogP contribution is -2.27. The van der Waals surface area contributed by atoms with Crippen LogP contribution < -0.4 is 0 Å². The van der Waals surface area contributed by atoms with Crippen molar-refractivity contribution < 1.29 is 34.0 Å². The second-order valence-electron chi connectivity index (χ2n) is 7.07. The van der Waals surface area contributed by atoms with Gasteiger partial charge in [0.05, 0.1) is 18.8 Å². The number of Topliss-reactive ketones (excluding diaryl/α,β-unsaturated/α-hetero) is 1. The minimum Gasteiger partial charge on any atom is -0.458 e. The van der Waals surface area contributed by atoms with Crippen LogP contribution in [0.15, 0.2) is 23.3 Å². The van der Waals surface area contributed by atoms with E-state index in [1.807, 2.05) is 32.9 Å². The van der Waals surface area contributed by atoms with E-state index in [-0.39, 0.29) is 43.4 Å². The third kappa shape index (κ3) is 8.22. The van der Waals surface area contributed by atoms with E-state index >= 15 is 0 Å². The van der Waals surface area contributed by atoms with Crippen LogP contribution in [0.2, 0.25) is 0 Å². The lowest BCUT2D eigenvalue weighted by molar-refractivity contribution is -0.147. The quantitative estimate of drug-likeness (QED) is 0.556. The highest BCUT2D eigenvalue weighted by atomic mass is 16.7. The molecular weight excluding hydrogens is 364 g/mol. The highest BCUT2D eigenvalue weighted by Gasteiger charge is 2.29. The first-order chi connectivity index (χ1) is 13.4. The van der Waals surface area contributed by atoms with E-state index in [1.165, 1.54) is 0 Å². The predicted molar refractivity (Wildman–Crippen MR) is 105 cm³/mol. The summed E-state index contributed by atoms with van der Waals surface area (Å²) in [6.07, 6.45) is 4.45. The summed E-state index contributed by atoms with van der Waals surface area (Å²) in [6, 6.07) is 0. The Morgan fingerprint density at radius 2 is 2.00 bits per heavy atom. The molecule has 0 spiro atoms. The molecule has 0 amide bonds. The standard InChI is InChI=1S/C20H30O6.CH4O/c1-4-13(2)17-9-8-14(3)18(26-20-11-16(22)12-24-20)10-15(21)6-5-7-19(23)25-17;1-2/h4,8,16-18,20,22H,5-7,9-12H2,1-3H3;2H,1H3/b13-4-,14-8+;. The number of ketones is 1. The number of aliphatic hydroxyl groups excluding tert-OH is 2. The molecule has 2 rings (SSSR count). The van der Waals surface area contributed by atoms with Crippen LogP contribution in [-0.2, 0) is 23.8 Å². The summed E-state index contributed by atoms with van der Waals surface area (Å²) in [5.74, 6) is -0.215. The molecule has 2 aliphatic rings. The van der Waals surface area contributed by atoms with Crippen LogP contribution in [0.5, 0.6) is 0 Å². The zero-order chi connectivity index (χ0) is 21.1. The van der Waals surface area contributed by atoms with Gasteiger partial charge in [-0.15, -0.1) is 0 Å². The second-order valence-corrected chi connectivity index (χ2v) is 7.07. The molecule has 0 aliphatic carbocycles. The largest absolute Gasteiger partial charge is 0.458 e. The van der Waals surface area contributed by atoms with E-state index in [2.05, 4.69) is 0 Å². The van der Waals surface area contributed by atoms with Crippen LogP contribution in [0.1, 0.15) is 59.3 Å². The number of allylic oxidation sites excluding steroid dienone is 1. The molecule has 4 unspecified atom stereocenters. The number of esters is 1. The maximum absolute atomic E-state index is 12.3. The predicted octanol–water partition coefficient (Wildman–Crippen LogP) is 2.44. The monoisotopic (exact) mass is 398 g/mol. The highest BCUT2D eigenvalue weighted by Crippen LogP contribution is 2.24. The zero-order valence-corrected chi connectivity index (χ0v) is 17.3. The number of carbonyl (C=O) groups is 2. The number of rotatable bonds is 3. The number of ether oxygens (including phenoxy) is 3. The van der Waals surface area contributed by atoms with Crippen molar-refractivity contribution in [2.45, 2.75) is 83.9 Å². The Morgan fingerprint density at radius 1 is 1.29 bits per heavy atom. The SMILES string of the molecule is C/C=C(/C)C1C/C=C(\C)C(OC2CC(O)CO2)CC(=O)CCCC(=O)O1.CO. The Bertz CT molecular complexity index is 567. The van der Waals surface area contributed by atoms with E-state index in [0.717, 1.165) is 18.3 Å². The van der Waals surface area contributed by atoms with Crippen molar-refractivity contribution in [1.82, 2.24) is 0 Å². The van der Waals surface area contributed by atoms with Crippen molar-refractivity contribution in [3.63, 3.8) is 0 Å². The third-order valence-corrected chi connectivity index (χ3v) is 4.90. The minimum absolute atomic E-state index is 0.0517. The van der Waals surface area contributed by atoms with Crippen molar-refractivity contribution >= 4 is 11.8 Å². The first kappa shape index (κ1) is 24.5. The molecule has 28 heavy (non-hydrogen) atoms. The molecule has 7 heteroatoms. The van der Waals surface area contributed by atoms with Gasteiger partial charge >= 0.3 is 5.97 Å². The fraction of sp³-hybridized carbons (Fsp3) is 0.714. The van der Waals surface area contributed by atoms with Gasteiger partial charge in [-0.05, 0) is 38.3 Å². The summed E-state index contributed by atoms with van der Waals surface area (Å²) >= 11 is 0. The molecule has 160 valence electrons. The van der Waals surface area contributed by atoms with Gasteiger partial charge in [-0.2, -0.15) is 0 Å². The smallest absolute Gasteiger partial charge is 0.306 e. The molecule has 1 saturated heterocycles. The molecule has 7 nitrogen and oxygen atoms in total. The lowest BCUT2D eigenvalue weighted by atomic mass is 9.98. The highest BCUT2D eigenvalue weighted by molar-refractivity contribution is 5.80.